The van der Waals surface area contributed by atoms with Crippen LogP contribution in [0.2, 0.25) is 0 Å². The first-order valence-electron chi connectivity index (χ1n) is 5.56. The molecule has 2 N–H and O–H groups in total. The van der Waals surface area contributed by atoms with E-state index < -0.39 is 0 Å². The summed E-state index contributed by atoms with van der Waals surface area (Å²) in [4.78, 5) is 14.2. The number of rotatable bonds is 3. The lowest BCUT2D eigenvalue weighted by atomic mass is 10.1. The summed E-state index contributed by atoms with van der Waals surface area (Å²) in [5, 5.41) is 0. The third kappa shape index (κ3) is 2.73. The first kappa shape index (κ1) is 11.8. The minimum atomic E-state index is 0.181. The lowest BCUT2D eigenvalue weighted by Crippen LogP contribution is -2.37. The Kier molecular flexibility index (Phi) is 3.58. The maximum Gasteiger partial charge on any atom is 0.322 e. The van der Waals surface area contributed by atoms with Gasteiger partial charge in [0.1, 0.15) is 0 Å². The van der Waals surface area contributed by atoms with Gasteiger partial charge in [0.25, 0.3) is 0 Å². The molecule has 1 aliphatic heterocycles. The Labute approximate surface area is 100.0 Å². The SMILES string of the molecule is COc1nc(N)nc(N2CCC(OC)CC2)n1. The van der Waals surface area contributed by atoms with Crippen LogP contribution >= 0.6 is 0 Å². The van der Waals surface area contributed by atoms with E-state index in [2.05, 4.69) is 19.9 Å². The van der Waals surface area contributed by atoms with Crippen LogP contribution in [0.15, 0.2) is 0 Å². The zero-order chi connectivity index (χ0) is 12.3. The topological polar surface area (TPSA) is 86.4 Å². The highest BCUT2D eigenvalue weighted by atomic mass is 16.5. The lowest BCUT2D eigenvalue weighted by molar-refractivity contribution is 0.0816. The van der Waals surface area contributed by atoms with E-state index in [0.29, 0.717) is 12.1 Å². The van der Waals surface area contributed by atoms with Crippen molar-refractivity contribution in [1.29, 1.82) is 0 Å². The van der Waals surface area contributed by atoms with Crippen LogP contribution in [0.4, 0.5) is 11.9 Å². The molecule has 0 spiro atoms. The first-order valence-corrected chi connectivity index (χ1v) is 5.56. The molecular weight excluding hydrogens is 222 g/mol. The molecule has 0 aromatic carbocycles. The van der Waals surface area contributed by atoms with Crippen molar-refractivity contribution in [2.24, 2.45) is 0 Å². The molecule has 0 unspecified atom stereocenters. The van der Waals surface area contributed by atoms with Crippen molar-refractivity contribution in [1.82, 2.24) is 15.0 Å². The highest BCUT2D eigenvalue weighted by Crippen LogP contribution is 2.19. The van der Waals surface area contributed by atoms with Crippen molar-refractivity contribution in [3.05, 3.63) is 0 Å². The average molecular weight is 239 g/mol. The smallest absolute Gasteiger partial charge is 0.322 e. The highest BCUT2D eigenvalue weighted by Gasteiger charge is 2.21. The third-order valence-electron chi connectivity index (χ3n) is 2.86. The van der Waals surface area contributed by atoms with Gasteiger partial charge in [0.05, 0.1) is 13.2 Å². The number of nitrogens with zero attached hydrogens (tertiary/aromatic N) is 4. The van der Waals surface area contributed by atoms with E-state index in [1.807, 2.05) is 0 Å². The van der Waals surface area contributed by atoms with Crippen LogP contribution in [-0.4, -0.2) is 48.4 Å². The molecule has 17 heavy (non-hydrogen) atoms. The average Bonchev–Trinajstić information content (AvgIpc) is 2.38. The van der Waals surface area contributed by atoms with E-state index in [1.54, 1.807) is 7.11 Å². The van der Waals surface area contributed by atoms with E-state index in [-0.39, 0.29) is 12.0 Å². The van der Waals surface area contributed by atoms with Gasteiger partial charge in [-0.2, -0.15) is 15.0 Å². The van der Waals surface area contributed by atoms with Crippen LogP contribution < -0.4 is 15.4 Å². The standard InChI is InChI=1S/C10H17N5O2/c1-16-7-3-5-15(6-4-7)9-12-8(11)13-10(14-9)17-2/h7H,3-6H2,1-2H3,(H2,11,12,13,14). The number of hydrogen-bond acceptors (Lipinski definition) is 7. The summed E-state index contributed by atoms with van der Waals surface area (Å²) in [7, 11) is 3.25. The molecule has 1 aromatic heterocycles. The zero-order valence-electron chi connectivity index (χ0n) is 10.1. The molecule has 94 valence electrons. The van der Waals surface area contributed by atoms with Crippen molar-refractivity contribution in [3.8, 4) is 6.01 Å². The predicted octanol–water partition coefficient (Wildman–Crippen LogP) is 0.0776. The van der Waals surface area contributed by atoms with Crippen LogP contribution in [-0.2, 0) is 4.74 Å². The van der Waals surface area contributed by atoms with Gasteiger partial charge in [0, 0.05) is 20.2 Å². The van der Waals surface area contributed by atoms with Gasteiger partial charge in [-0.1, -0.05) is 0 Å². The van der Waals surface area contributed by atoms with Crippen molar-refractivity contribution in [2.75, 3.05) is 37.9 Å². The number of methoxy groups -OCH3 is 2. The third-order valence-corrected chi connectivity index (χ3v) is 2.86. The summed E-state index contributed by atoms with van der Waals surface area (Å²) in [5.74, 6) is 0.754. The van der Waals surface area contributed by atoms with Crippen LogP contribution in [0.5, 0.6) is 6.01 Å². The Morgan fingerprint density at radius 3 is 2.47 bits per heavy atom. The Hall–Kier alpha value is -1.63. The van der Waals surface area contributed by atoms with Crippen molar-refractivity contribution in [3.63, 3.8) is 0 Å². The quantitative estimate of drug-likeness (QED) is 0.799. The molecular formula is C10H17N5O2. The Morgan fingerprint density at radius 1 is 1.18 bits per heavy atom. The minimum Gasteiger partial charge on any atom is -0.467 e. The molecule has 0 radical (unpaired) electrons. The summed E-state index contributed by atoms with van der Waals surface area (Å²) in [5.41, 5.74) is 5.60. The Balaban J connectivity index is 2.10. The molecule has 2 rings (SSSR count). The van der Waals surface area contributed by atoms with E-state index in [4.69, 9.17) is 15.2 Å². The second kappa shape index (κ2) is 5.13. The normalized spacial score (nSPS) is 17.2. The number of nitrogen functional groups attached to an aromatic ring is 1. The van der Waals surface area contributed by atoms with E-state index >= 15 is 0 Å². The monoisotopic (exact) mass is 239 g/mol. The maximum absolute atomic E-state index is 5.60. The number of ether oxygens (including phenoxy) is 2. The van der Waals surface area contributed by atoms with Crippen molar-refractivity contribution < 1.29 is 9.47 Å². The van der Waals surface area contributed by atoms with Gasteiger partial charge in [0.2, 0.25) is 11.9 Å². The van der Waals surface area contributed by atoms with Gasteiger partial charge in [-0.15, -0.1) is 0 Å². The highest BCUT2D eigenvalue weighted by molar-refractivity contribution is 5.36. The van der Waals surface area contributed by atoms with Crippen LogP contribution in [0.3, 0.4) is 0 Å². The van der Waals surface area contributed by atoms with Gasteiger partial charge < -0.3 is 20.1 Å². The van der Waals surface area contributed by atoms with E-state index in [1.165, 1.54) is 7.11 Å². The fourth-order valence-electron chi connectivity index (χ4n) is 1.89. The lowest BCUT2D eigenvalue weighted by Gasteiger charge is -2.31. The van der Waals surface area contributed by atoms with Crippen LogP contribution in [0, 0.1) is 0 Å². The number of piperidine rings is 1. The van der Waals surface area contributed by atoms with Gasteiger partial charge in [0.15, 0.2) is 0 Å². The van der Waals surface area contributed by atoms with E-state index in [0.717, 1.165) is 25.9 Å². The molecule has 7 heteroatoms. The largest absolute Gasteiger partial charge is 0.467 e. The van der Waals surface area contributed by atoms with Gasteiger partial charge in [-0.3, -0.25) is 0 Å². The minimum absolute atomic E-state index is 0.181. The van der Waals surface area contributed by atoms with E-state index in [9.17, 15) is 0 Å². The molecule has 0 saturated carbocycles. The summed E-state index contributed by atoms with van der Waals surface area (Å²) in [6.07, 6.45) is 2.25. The molecule has 2 heterocycles. The Bertz CT molecular complexity index is 379. The molecule has 7 nitrogen and oxygen atoms in total. The fraction of sp³-hybridized carbons (Fsp3) is 0.700. The molecule has 0 bridgehead atoms. The zero-order valence-corrected chi connectivity index (χ0v) is 10.1. The molecule has 0 aliphatic carbocycles. The number of aromatic nitrogens is 3. The fourth-order valence-corrected chi connectivity index (χ4v) is 1.89. The number of hydrogen-bond donors (Lipinski definition) is 1. The summed E-state index contributed by atoms with van der Waals surface area (Å²) < 4.78 is 10.3. The molecule has 1 aliphatic rings. The number of nitrogens with two attached hydrogens (primary N) is 1. The van der Waals surface area contributed by atoms with Gasteiger partial charge in [-0.05, 0) is 12.8 Å². The molecule has 1 saturated heterocycles. The molecule has 0 atom stereocenters. The van der Waals surface area contributed by atoms with Crippen molar-refractivity contribution in [2.45, 2.75) is 18.9 Å². The summed E-state index contributed by atoms with van der Waals surface area (Å²) in [6.45, 7) is 1.70. The number of anilines is 2. The molecule has 0 amide bonds. The molecule has 1 fully saturated rings. The predicted molar refractivity (Wildman–Crippen MR) is 63.0 cm³/mol. The Morgan fingerprint density at radius 2 is 1.88 bits per heavy atom. The summed E-state index contributed by atoms with van der Waals surface area (Å²) in [6, 6.07) is 0.251. The van der Waals surface area contributed by atoms with Crippen LogP contribution in [0.25, 0.3) is 0 Å². The molecule has 1 aromatic rings. The van der Waals surface area contributed by atoms with Gasteiger partial charge >= 0.3 is 6.01 Å². The maximum atomic E-state index is 5.60. The van der Waals surface area contributed by atoms with Crippen molar-refractivity contribution >= 4 is 11.9 Å². The van der Waals surface area contributed by atoms with Gasteiger partial charge in [-0.25, -0.2) is 0 Å². The van der Waals surface area contributed by atoms with Crippen LogP contribution in [0.1, 0.15) is 12.8 Å². The first-order chi connectivity index (χ1) is 8.22. The second-order valence-electron chi connectivity index (χ2n) is 3.90. The summed E-state index contributed by atoms with van der Waals surface area (Å²) >= 11 is 0. The second-order valence-corrected chi connectivity index (χ2v) is 3.90.